The monoisotopic (exact) mass is 1410 g/mol. The first kappa shape index (κ1) is 70.9. The van der Waals surface area contributed by atoms with Gasteiger partial charge in [0.2, 0.25) is 0 Å². The number of aromatic nitrogens is 2. The van der Waals surface area contributed by atoms with Crippen molar-refractivity contribution in [3.63, 3.8) is 0 Å². The molecule has 14 rings (SSSR count). The van der Waals surface area contributed by atoms with Crippen LogP contribution in [0.2, 0.25) is 0 Å². The van der Waals surface area contributed by atoms with E-state index in [1.807, 2.05) is 97.1 Å². The highest BCUT2D eigenvalue weighted by molar-refractivity contribution is 6.12. The van der Waals surface area contributed by atoms with Gasteiger partial charge in [0.25, 0.3) is 0 Å². The number of nitrogens with zero attached hydrogens (tertiary/aromatic N) is 6. The van der Waals surface area contributed by atoms with Crippen molar-refractivity contribution in [1.29, 1.82) is 0 Å². The molecule has 0 saturated carbocycles. The number of benzene rings is 12. The molecule has 0 amide bonds. The van der Waals surface area contributed by atoms with Gasteiger partial charge in [-0.25, -0.2) is 0 Å². The Balaban J connectivity index is 0.680. The number of methoxy groups -OCH3 is 8. The fourth-order valence-corrected chi connectivity index (χ4v) is 14.8. The fraction of sp³-hybridized carbons (Fsp3) is 0.217. The summed E-state index contributed by atoms with van der Waals surface area (Å²) in [5, 5.41) is 4.73. The van der Waals surface area contributed by atoms with E-state index < -0.39 is 0 Å². The van der Waals surface area contributed by atoms with Crippen LogP contribution < -0.4 is 57.5 Å². The van der Waals surface area contributed by atoms with Crippen molar-refractivity contribution in [1.82, 2.24) is 9.13 Å². The number of hydrogen-bond donors (Lipinski definition) is 0. The Bertz CT molecular complexity index is 4390. The number of anilines is 12. The van der Waals surface area contributed by atoms with Crippen LogP contribution in [-0.2, 0) is 13.1 Å². The number of rotatable bonds is 33. The third-order valence-electron chi connectivity index (χ3n) is 20.4. The van der Waals surface area contributed by atoms with Crippen LogP contribution >= 0.6 is 0 Å². The normalized spacial score (nSPS) is 11.3. The Kier molecular flexibility index (Phi) is 22.1. The summed E-state index contributed by atoms with van der Waals surface area (Å²) < 4.78 is 50.0. The van der Waals surface area contributed by atoms with E-state index >= 15 is 0 Å². The number of aryl methyl sites for hydroxylation is 2. The highest BCUT2D eigenvalue weighted by Crippen LogP contribution is 2.46. The number of fused-ring (bicyclic) bond motifs is 6. The van der Waals surface area contributed by atoms with Crippen molar-refractivity contribution in [2.45, 2.75) is 77.3 Å². The number of hydrogen-bond acceptors (Lipinski definition) is 12. The lowest BCUT2D eigenvalue weighted by atomic mass is 10.1. The van der Waals surface area contributed by atoms with Crippen molar-refractivity contribution in [2.75, 3.05) is 76.5 Å². The topological polar surface area (TPSA) is 96.7 Å². The Morgan fingerprint density at radius 3 is 0.472 bits per heavy atom. The first-order valence-corrected chi connectivity index (χ1v) is 36.6. The van der Waals surface area contributed by atoms with Crippen LogP contribution in [0.25, 0.3) is 43.6 Å². The van der Waals surface area contributed by atoms with Gasteiger partial charge in [0.15, 0.2) is 0 Å². The van der Waals surface area contributed by atoms with Crippen molar-refractivity contribution < 1.29 is 37.9 Å². The predicted octanol–water partition coefficient (Wildman–Crippen LogP) is 24.5. The van der Waals surface area contributed by atoms with Crippen LogP contribution in [0.1, 0.15) is 64.2 Å². The predicted molar refractivity (Wildman–Crippen MR) is 436 cm³/mol. The maximum Gasteiger partial charge on any atom is 0.119 e. The summed E-state index contributed by atoms with van der Waals surface area (Å²) in [6.07, 6.45) is 11.8. The average molecular weight is 1410 g/mol. The summed E-state index contributed by atoms with van der Waals surface area (Å²) in [7, 11) is 13.6. The largest absolute Gasteiger partial charge is 0.497 e. The molecule has 0 saturated heterocycles. The molecule has 12 aromatic carbocycles. The molecule has 0 spiro atoms. The van der Waals surface area contributed by atoms with Crippen LogP contribution in [0.4, 0.5) is 68.2 Å². The zero-order chi connectivity index (χ0) is 72.9. The number of unbranched alkanes of at least 4 members (excludes halogenated alkanes) is 9. The molecule has 2 aromatic heterocycles. The lowest BCUT2D eigenvalue weighted by Crippen LogP contribution is -2.10. The van der Waals surface area contributed by atoms with Gasteiger partial charge in [0.1, 0.15) is 46.0 Å². The zero-order valence-electron chi connectivity index (χ0n) is 61.8. The van der Waals surface area contributed by atoms with Crippen molar-refractivity contribution in [2.24, 2.45) is 0 Å². The van der Waals surface area contributed by atoms with Crippen LogP contribution in [0.3, 0.4) is 0 Å². The molecule has 106 heavy (non-hydrogen) atoms. The lowest BCUT2D eigenvalue weighted by molar-refractivity contribution is 0.414. The molecule has 0 atom stereocenters. The van der Waals surface area contributed by atoms with Gasteiger partial charge in [-0.2, -0.15) is 0 Å². The van der Waals surface area contributed by atoms with Gasteiger partial charge in [-0.3, -0.25) is 0 Å². The molecule has 14 aromatic rings. The van der Waals surface area contributed by atoms with Crippen molar-refractivity contribution in [3.05, 3.63) is 267 Å². The highest BCUT2D eigenvalue weighted by atomic mass is 16.5. The van der Waals surface area contributed by atoms with E-state index in [1.54, 1.807) is 56.9 Å². The molecular weight excluding hydrogens is 1320 g/mol. The van der Waals surface area contributed by atoms with Gasteiger partial charge in [-0.05, 0) is 280 Å². The first-order chi connectivity index (χ1) is 52.2. The van der Waals surface area contributed by atoms with Gasteiger partial charge in [-0.1, -0.05) is 51.4 Å². The van der Waals surface area contributed by atoms with Crippen molar-refractivity contribution in [3.8, 4) is 46.0 Å². The second-order valence-electron chi connectivity index (χ2n) is 26.6. The zero-order valence-corrected chi connectivity index (χ0v) is 61.8. The summed E-state index contributed by atoms with van der Waals surface area (Å²) in [5.74, 6) is 6.42. The molecule has 0 aliphatic heterocycles. The fourth-order valence-electron chi connectivity index (χ4n) is 14.8. The van der Waals surface area contributed by atoms with Gasteiger partial charge in [0.05, 0.1) is 56.9 Å². The van der Waals surface area contributed by atoms with Gasteiger partial charge >= 0.3 is 0 Å². The van der Waals surface area contributed by atoms with E-state index in [0.29, 0.717) is 0 Å². The van der Waals surface area contributed by atoms with Crippen LogP contribution in [0.15, 0.2) is 267 Å². The number of ether oxygens (including phenoxy) is 8. The van der Waals surface area contributed by atoms with Crippen LogP contribution in [0.5, 0.6) is 46.0 Å². The van der Waals surface area contributed by atoms with Gasteiger partial charge in [0, 0.05) is 125 Å². The van der Waals surface area contributed by atoms with E-state index in [0.717, 1.165) is 153 Å². The molecule has 2 heterocycles. The minimum absolute atomic E-state index is 0.802. The lowest BCUT2D eigenvalue weighted by Gasteiger charge is -2.26. The molecule has 0 unspecified atom stereocenters. The summed E-state index contributed by atoms with van der Waals surface area (Å²) >= 11 is 0. The molecule has 0 aliphatic rings. The quantitative estimate of drug-likeness (QED) is 0.0367. The second kappa shape index (κ2) is 33.1. The highest BCUT2D eigenvalue weighted by Gasteiger charge is 2.24. The Morgan fingerprint density at radius 2 is 0.321 bits per heavy atom. The molecule has 0 fully saturated rings. The summed E-state index contributed by atoms with van der Waals surface area (Å²) in [4.78, 5) is 9.21. The molecule has 14 heteroatoms. The standard InChI is InChI=1S/C92H92N6O8/c1-99-77-39-19-65(20-40-77)95(66-21-41-78(100-2)42-22-66)73-35-55-89-85(61-73)86-62-74(96(67-23-43-79(101-3)44-24-67)68-25-45-80(102-4)46-26-68)36-56-90(86)93(89)59-17-15-13-11-9-10-12-14-16-18-60-94-91-57-37-75(97(69-27-47-81(103-5)48-28-69)70-29-49-82(104-6)50-30-70)63-87(91)88-64-76(38-58-92(88)94)98(71-31-51-83(105-7)52-32-71)72-33-53-84(106-8)54-34-72/h19-58,61-64H,9-18,59-60H2,1-8H3. The SMILES string of the molecule is COc1ccc(N(c2ccc(OC)cc2)c2ccc3c(c2)c2cc(N(c4ccc(OC)cc4)c4ccc(OC)cc4)ccc2n3CCCCCCCCCCCCn2c3ccc(N(c4ccc(OC)cc4)c4ccc(OC)cc4)cc3c3cc(N(c4ccc(OC)cc4)c4ccc(OC)cc4)ccc32)cc1. The summed E-state index contributed by atoms with van der Waals surface area (Å²) in [5.41, 5.74) is 17.1. The second-order valence-corrected chi connectivity index (χ2v) is 26.6. The molecule has 0 aliphatic carbocycles. The minimum Gasteiger partial charge on any atom is -0.497 e. The van der Waals surface area contributed by atoms with Crippen LogP contribution in [0, 0.1) is 0 Å². The van der Waals surface area contributed by atoms with Gasteiger partial charge in [-0.15, -0.1) is 0 Å². The molecule has 538 valence electrons. The smallest absolute Gasteiger partial charge is 0.119 e. The summed E-state index contributed by atoms with van der Waals surface area (Å²) in [6, 6.07) is 93.9. The molecule has 0 radical (unpaired) electrons. The Hall–Kier alpha value is -12.2. The average Bonchev–Trinajstić information content (AvgIpc) is 1.59. The van der Waals surface area contributed by atoms with Gasteiger partial charge < -0.3 is 66.6 Å². The third-order valence-corrected chi connectivity index (χ3v) is 20.4. The minimum atomic E-state index is 0.802. The van der Waals surface area contributed by atoms with Crippen molar-refractivity contribution >= 4 is 112 Å². The van der Waals surface area contributed by atoms with E-state index in [2.05, 4.69) is 199 Å². The summed E-state index contributed by atoms with van der Waals surface area (Å²) in [6.45, 7) is 1.82. The molecular formula is C92H92N6O8. The first-order valence-electron chi connectivity index (χ1n) is 36.6. The molecule has 0 bridgehead atoms. The van der Waals surface area contributed by atoms with E-state index in [9.17, 15) is 0 Å². The van der Waals surface area contributed by atoms with E-state index in [1.165, 1.54) is 82.1 Å². The Labute approximate surface area is 622 Å². The molecule has 0 N–H and O–H groups in total. The maximum atomic E-state index is 5.62. The Morgan fingerprint density at radius 1 is 0.179 bits per heavy atom. The van der Waals surface area contributed by atoms with E-state index in [4.69, 9.17) is 37.9 Å². The maximum absolute atomic E-state index is 5.62. The van der Waals surface area contributed by atoms with Crippen LogP contribution in [-0.4, -0.2) is 66.0 Å². The third kappa shape index (κ3) is 15.3. The van der Waals surface area contributed by atoms with E-state index in [-0.39, 0.29) is 0 Å². The molecule has 14 nitrogen and oxygen atoms in total.